The Kier molecular flexibility index (Phi) is 3.54. The molecule has 1 aliphatic heterocycles. The Labute approximate surface area is 104 Å². The molecule has 7 heteroatoms. The van der Waals surface area contributed by atoms with Gasteiger partial charge in [-0.1, -0.05) is 6.07 Å². The number of methoxy groups -OCH3 is 1. The summed E-state index contributed by atoms with van der Waals surface area (Å²) in [5, 5.41) is 0. The first-order valence-corrected chi connectivity index (χ1v) is 6.81. The summed E-state index contributed by atoms with van der Waals surface area (Å²) in [5.41, 5.74) is 0. The van der Waals surface area contributed by atoms with Crippen LogP contribution in [0, 0.1) is 5.92 Å². The Morgan fingerprint density at radius 1 is 1.39 bits per heavy atom. The predicted octanol–water partition coefficient (Wildman–Crippen LogP) is 1.58. The minimum Gasteiger partial charge on any atom is -0.497 e. The quantitative estimate of drug-likeness (QED) is 0.839. The van der Waals surface area contributed by atoms with Crippen molar-refractivity contribution in [1.29, 1.82) is 0 Å². The smallest absolute Gasteiger partial charge is 0.243 e. The summed E-state index contributed by atoms with van der Waals surface area (Å²) in [4.78, 5) is 0.0644. The van der Waals surface area contributed by atoms with Crippen LogP contribution in [0.15, 0.2) is 29.2 Å². The van der Waals surface area contributed by atoms with Gasteiger partial charge in [-0.2, -0.15) is 4.31 Å². The molecule has 0 unspecified atom stereocenters. The van der Waals surface area contributed by atoms with Gasteiger partial charge in [0.2, 0.25) is 16.4 Å². The molecule has 4 nitrogen and oxygen atoms in total. The summed E-state index contributed by atoms with van der Waals surface area (Å²) in [6, 6.07) is 5.98. The molecule has 1 aromatic carbocycles. The fourth-order valence-corrected chi connectivity index (χ4v) is 3.33. The molecule has 0 spiro atoms. The zero-order valence-corrected chi connectivity index (χ0v) is 10.5. The Morgan fingerprint density at radius 3 is 2.61 bits per heavy atom. The standard InChI is InChI=1S/C11H13F2NO3S/c1-17-9-3-2-4-10(5-9)18(15,16)14-6-8(7-14)11(12)13/h2-5,8,11H,6-7H2,1H3. The first-order valence-electron chi connectivity index (χ1n) is 5.37. The molecule has 0 saturated carbocycles. The monoisotopic (exact) mass is 277 g/mol. The predicted molar refractivity (Wildman–Crippen MR) is 61.2 cm³/mol. The summed E-state index contributed by atoms with van der Waals surface area (Å²) in [5.74, 6) is -0.438. The van der Waals surface area contributed by atoms with Gasteiger partial charge in [0.05, 0.1) is 12.0 Å². The molecule has 0 bridgehead atoms. The number of halogens is 2. The van der Waals surface area contributed by atoms with Gasteiger partial charge in [-0.3, -0.25) is 0 Å². The summed E-state index contributed by atoms with van der Waals surface area (Å²) >= 11 is 0. The summed E-state index contributed by atoms with van der Waals surface area (Å²) < 4.78 is 54.8. The third kappa shape index (κ3) is 2.32. The van der Waals surface area contributed by atoms with Gasteiger partial charge in [0.1, 0.15) is 5.75 Å². The number of hydrogen-bond acceptors (Lipinski definition) is 3. The van der Waals surface area contributed by atoms with Crippen LogP contribution in [-0.4, -0.2) is 39.3 Å². The van der Waals surface area contributed by atoms with E-state index in [1.54, 1.807) is 12.1 Å². The van der Waals surface area contributed by atoms with Crippen molar-refractivity contribution in [2.75, 3.05) is 20.2 Å². The minimum absolute atomic E-state index is 0.0644. The van der Waals surface area contributed by atoms with Crippen molar-refractivity contribution in [3.63, 3.8) is 0 Å². The maximum Gasteiger partial charge on any atom is 0.243 e. The molecule has 0 amide bonds. The van der Waals surface area contributed by atoms with Gasteiger partial charge >= 0.3 is 0 Å². The fraction of sp³-hybridized carbons (Fsp3) is 0.455. The Hall–Kier alpha value is -1.21. The maximum absolute atomic E-state index is 12.3. The van der Waals surface area contributed by atoms with Crippen molar-refractivity contribution < 1.29 is 21.9 Å². The summed E-state index contributed by atoms with van der Waals surface area (Å²) in [6.07, 6.45) is -2.47. The van der Waals surface area contributed by atoms with E-state index in [0.29, 0.717) is 5.75 Å². The number of ether oxygens (including phenoxy) is 1. The van der Waals surface area contributed by atoms with Crippen molar-refractivity contribution in [2.45, 2.75) is 11.3 Å². The number of nitrogens with zero attached hydrogens (tertiary/aromatic N) is 1. The summed E-state index contributed by atoms with van der Waals surface area (Å²) in [6.45, 7) is -0.256. The van der Waals surface area contributed by atoms with Crippen LogP contribution in [-0.2, 0) is 10.0 Å². The zero-order chi connectivity index (χ0) is 13.3. The van der Waals surface area contributed by atoms with E-state index in [0.717, 1.165) is 4.31 Å². The first-order chi connectivity index (χ1) is 8.45. The van der Waals surface area contributed by atoms with Crippen LogP contribution < -0.4 is 4.74 Å². The number of hydrogen-bond donors (Lipinski definition) is 0. The second-order valence-electron chi connectivity index (χ2n) is 4.10. The average molecular weight is 277 g/mol. The topological polar surface area (TPSA) is 46.6 Å². The molecule has 0 N–H and O–H groups in total. The van der Waals surface area contributed by atoms with Crippen molar-refractivity contribution in [3.8, 4) is 5.75 Å². The number of benzene rings is 1. The molecular weight excluding hydrogens is 264 g/mol. The lowest BCUT2D eigenvalue weighted by Gasteiger charge is -2.37. The van der Waals surface area contributed by atoms with E-state index in [4.69, 9.17) is 4.74 Å². The van der Waals surface area contributed by atoms with E-state index >= 15 is 0 Å². The number of alkyl halides is 2. The third-order valence-corrected chi connectivity index (χ3v) is 4.74. The van der Waals surface area contributed by atoms with Crippen molar-refractivity contribution >= 4 is 10.0 Å². The Balaban J connectivity index is 2.17. The van der Waals surface area contributed by atoms with Crippen LogP contribution >= 0.6 is 0 Å². The molecule has 0 aromatic heterocycles. The Morgan fingerprint density at radius 2 is 2.06 bits per heavy atom. The lowest BCUT2D eigenvalue weighted by Crippen LogP contribution is -2.52. The van der Waals surface area contributed by atoms with Gasteiger partial charge in [-0.25, -0.2) is 17.2 Å². The minimum atomic E-state index is -3.68. The molecule has 0 aliphatic carbocycles. The van der Waals surface area contributed by atoms with E-state index in [2.05, 4.69) is 0 Å². The second kappa shape index (κ2) is 4.81. The van der Waals surface area contributed by atoms with E-state index in [-0.39, 0.29) is 18.0 Å². The van der Waals surface area contributed by atoms with Crippen molar-refractivity contribution in [2.24, 2.45) is 5.92 Å². The van der Waals surface area contributed by atoms with E-state index in [1.165, 1.54) is 19.2 Å². The molecule has 1 aliphatic rings. The molecule has 1 saturated heterocycles. The maximum atomic E-state index is 12.3. The van der Waals surface area contributed by atoms with Gasteiger partial charge in [-0.15, -0.1) is 0 Å². The zero-order valence-electron chi connectivity index (χ0n) is 9.71. The van der Waals surface area contributed by atoms with Crippen molar-refractivity contribution in [1.82, 2.24) is 4.31 Å². The molecular formula is C11H13F2NO3S. The highest BCUT2D eigenvalue weighted by Crippen LogP contribution is 2.29. The number of rotatable bonds is 4. The second-order valence-corrected chi connectivity index (χ2v) is 6.03. The molecule has 1 aromatic rings. The normalized spacial score (nSPS) is 17.8. The van der Waals surface area contributed by atoms with Gasteiger partial charge < -0.3 is 4.74 Å². The van der Waals surface area contributed by atoms with Crippen LogP contribution in [0.25, 0.3) is 0 Å². The fourth-order valence-electron chi connectivity index (χ4n) is 1.74. The lowest BCUT2D eigenvalue weighted by atomic mass is 10.1. The highest BCUT2D eigenvalue weighted by molar-refractivity contribution is 7.89. The largest absolute Gasteiger partial charge is 0.497 e. The SMILES string of the molecule is COc1cccc(S(=O)(=O)N2CC(C(F)F)C2)c1. The first kappa shape index (κ1) is 13.2. The molecule has 100 valence electrons. The lowest BCUT2D eigenvalue weighted by molar-refractivity contribution is 0.0123. The molecule has 1 heterocycles. The Bertz CT molecular complexity index is 527. The highest BCUT2D eigenvalue weighted by atomic mass is 32.2. The molecule has 0 radical (unpaired) electrons. The molecule has 1 fully saturated rings. The van der Waals surface area contributed by atoms with E-state index < -0.39 is 22.4 Å². The van der Waals surface area contributed by atoms with Crippen LogP contribution in [0.2, 0.25) is 0 Å². The van der Waals surface area contributed by atoms with Crippen LogP contribution in [0.4, 0.5) is 8.78 Å². The summed E-state index contributed by atoms with van der Waals surface area (Å²) in [7, 11) is -2.25. The molecule has 0 atom stereocenters. The van der Waals surface area contributed by atoms with Crippen molar-refractivity contribution in [3.05, 3.63) is 24.3 Å². The molecule has 2 rings (SSSR count). The number of sulfonamides is 1. The highest BCUT2D eigenvalue weighted by Gasteiger charge is 2.41. The average Bonchev–Trinajstić information content (AvgIpc) is 2.26. The third-order valence-electron chi connectivity index (χ3n) is 2.91. The van der Waals surface area contributed by atoms with Gasteiger partial charge in [0, 0.05) is 25.1 Å². The van der Waals surface area contributed by atoms with Crippen LogP contribution in [0.1, 0.15) is 0 Å². The van der Waals surface area contributed by atoms with E-state index in [1.807, 2.05) is 0 Å². The molecule has 18 heavy (non-hydrogen) atoms. The van der Waals surface area contributed by atoms with E-state index in [9.17, 15) is 17.2 Å². The van der Waals surface area contributed by atoms with Gasteiger partial charge in [-0.05, 0) is 12.1 Å². The van der Waals surface area contributed by atoms with Gasteiger partial charge in [0.15, 0.2) is 0 Å². The van der Waals surface area contributed by atoms with Crippen LogP contribution in [0.5, 0.6) is 5.75 Å². The van der Waals surface area contributed by atoms with Crippen LogP contribution in [0.3, 0.4) is 0 Å². The van der Waals surface area contributed by atoms with Gasteiger partial charge in [0.25, 0.3) is 0 Å².